The van der Waals surface area contributed by atoms with E-state index < -0.39 is 21.6 Å². The van der Waals surface area contributed by atoms with E-state index in [1.165, 1.54) is 32.1 Å². The number of hydrogen-bond acceptors (Lipinski definition) is 4. The molecule has 0 heterocycles. The molecule has 0 atom stereocenters. The van der Waals surface area contributed by atoms with Crippen molar-refractivity contribution in [3.63, 3.8) is 0 Å². The van der Waals surface area contributed by atoms with Crippen LogP contribution in [-0.4, -0.2) is 33.0 Å². The number of hydrogen-bond donors (Lipinski definition) is 0. The van der Waals surface area contributed by atoms with Gasteiger partial charge in [-0.05, 0) is 6.42 Å². The van der Waals surface area contributed by atoms with E-state index in [0.717, 1.165) is 20.0 Å². The van der Waals surface area contributed by atoms with Crippen LogP contribution in [0, 0.1) is 35.5 Å². The second kappa shape index (κ2) is 15.6. The highest BCUT2D eigenvalue weighted by Crippen LogP contribution is 2.06. The van der Waals surface area contributed by atoms with Gasteiger partial charge < -0.3 is 4.74 Å². The van der Waals surface area contributed by atoms with Gasteiger partial charge >= 0.3 is 5.97 Å². The summed E-state index contributed by atoms with van der Waals surface area (Å²) in [5.74, 6) is 15.3. The number of ether oxygens (including phenoxy) is 1. The van der Waals surface area contributed by atoms with Crippen LogP contribution in [0.4, 0.5) is 0 Å². The summed E-state index contributed by atoms with van der Waals surface area (Å²) in [4.78, 5) is 10.9. The van der Waals surface area contributed by atoms with Crippen molar-refractivity contribution in [3.8, 4) is 35.5 Å². The fourth-order valence-corrected chi connectivity index (χ4v) is 2.77. The van der Waals surface area contributed by atoms with Crippen LogP contribution >= 0.6 is 0 Å². The highest BCUT2D eigenvalue weighted by molar-refractivity contribution is 7.92. The minimum Gasteiger partial charge on any atom is -0.468 e. The molecule has 0 radical (unpaired) electrons. The first kappa shape index (κ1) is 23.1. The molecule has 0 spiro atoms. The predicted octanol–water partition coefficient (Wildman–Crippen LogP) is 3.12. The van der Waals surface area contributed by atoms with Crippen molar-refractivity contribution in [2.75, 3.05) is 18.6 Å². The summed E-state index contributed by atoms with van der Waals surface area (Å²) in [6.07, 6.45) is 9.33. The molecule has 0 aromatic heterocycles. The first-order valence-electron chi connectivity index (χ1n) is 8.66. The fourth-order valence-electron chi connectivity index (χ4n) is 1.87. The van der Waals surface area contributed by atoms with Crippen molar-refractivity contribution in [2.24, 2.45) is 0 Å². The molecule has 25 heavy (non-hydrogen) atoms. The minimum atomic E-state index is -3.53. The van der Waals surface area contributed by atoms with Gasteiger partial charge in [0.25, 0.3) is 0 Å². The second-order valence-electron chi connectivity index (χ2n) is 5.54. The van der Waals surface area contributed by atoms with Gasteiger partial charge in [0.1, 0.15) is 11.5 Å². The van der Waals surface area contributed by atoms with Crippen molar-refractivity contribution in [3.05, 3.63) is 0 Å². The van der Waals surface area contributed by atoms with Crippen LogP contribution in [0.3, 0.4) is 0 Å². The summed E-state index contributed by atoms with van der Waals surface area (Å²) in [6, 6.07) is 0. The van der Waals surface area contributed by atoms with Crippen molar-refractivity contribution < 1.29 is 17.9 Å². The molecule has 0 aromatic rings. The summed E-state index contributed by atoms with van der Waals surface area (Å²) < 4.78 is 27.3. The first-order valence-corrected chi connectivity index (χ1v) is 10.5. The van der Waals surface area contributed by atoms with E-state index >= 15 is 0 Å². The van der Waals surface area contributed by atoms with E-state index in [1.54, 1.807) is 0 Å². The zero-order valence-corrected chi connectivity index (χ0v) is 16.1. The molecule has 0 saturated heterocycles. The Morgan fingerprint density at radius 3 is 2.04 bits per heavy atom. The topological polar surface area (TPSA) is 60.4 Å². The number of sulfone groups is 1. The lowest BCUT2D eigenvalue weighted by Gasteiger charge is -1.97. The van der Waals surface area contributed by atoms with Gasteiger partial charge in [0, 0.05) is 6.42 Å². The summed E-state index contributed by atoms with van der Waals surface area (Å²) in [5.41, 5.74) is 0. The largest absolute Gasteiger partial charge is 0.468 e. The molecular weight excluding hydrogens is 336 g/mol. The van der Waals surface area contributed by atoms with Crippen LogP contribution in [0.2, 0.25) is 0 Å². The molecule has 0 aromatic carbocycles. The van der Waals surface area contributed by atoms with Crippen LogP contribution < -0.4 is 0 Å². The Labute approximate surface area is 153 Å². The van der Waals surface area contributed by atoms with Crippen LogP contribution in [0.1, 0.15) is 64.7 Å². The Morgan fingerprint density at radius 1 is 0.840 bits per heavy atom. The zero-order valence-electron chi connectivity index (χ0n) is 15.3. The minimum absolute atomic E-state index is 0.298. The number of esters is 1. The monoisotopic (exact) mass is 364 g/mol. The SMILES string of the molecule is CCCCCCCCC#CCC#CCC#CCS(=O)(=O)CC(=O)OC. The molecule has 0 rings (SSSR count). The molecule has 0 aliphatic rings. The van der Waals surface area contributed by atoms with E-state index in [-0.39, 0.29) is 5.75 Å². The van der Waals surface area contributed by atoms with Gasteiger partial charge in [0.05, 0.1) is 20.0 Å². The fraction of sp³-hybridized carbons (Fsp3) is 0.650. The Hall–Kier alpha value is -1.90. The van der Waals surface area contributed by atoms with E-state index in [4.69, 9.17) is 0 Å². The smallest absolute Gasteiger partial charge is 0.320 e. The Kier molecular flexibility index (Phi) is 14.4. The maximum absolute atomic E-state index is 11.5. The predicted molar refractivity (Wildman–Crippen MR) is 101 cm³/mol. The average molecular weight is 365 g/mol. The van der Waals surface area contributed by atoms with Crippen molar-refractivity contribution in [1.29, 1.82) is 0 Å². The van der Waals surface area contributed by atoms with Crippen LogP contribution in [-0.2, 0) is 19.4 Å². The van der Waals surface area contributed by atoms with Gasteiger partial charge in [-0.1, -0.05) is 68.6 Å². The maximum atomic E-state index is 11.5. The van der Waals surface area contributed by atoms with Crippen molar-refractivity contribution >= 4 is 15.8 Å². The van der Waals surface area contributed by atoms with E-state index in [9.17, 15) is 13.2 Å². The van der Waals surface area contributed by atoms with Crippen molar-refractivity contribution in [1.82, 2.24) is 0 Å². The van der Waals surface area contributed by atoms with Gasteiger partial charge in [-0.25, -0.2) is 8.42 Å². The first-order chi connectivity index (χ1) is 12.0. The average Bonchev–Trinajstić information content (AvgIpc) is 2.57. The summed E-state index contributed by atoms with van der Waals surface area (Å²) >= 11 is 0. The van der Waals surface area contributed by atoms with E-state index in [1.807, 2.05) is 0 Å². The summed E-state index contributed by atoms with van der Waals surface area (Å²) in [5, 5.41) is 0. The lowest BCUT2D eigenvalue weighted by atomic mass is 10.1. The Morgan fingerprint density at radius 2 is 1.40 bits per heavy atom. The summed E-state index contributed by atoms with van der Waals surface area (Å²) in [7, 11) is -2.38. The second-order valence-corrected chi connectivity index (χ2v) is 7.60. The van der Waals surface area contributed by atoms with Crippen LogP contribution in [0.15, 0.2) is 0 Å². The molecule has 138 valence electrons. The molecule has 0 saturated carbocycles. The van der Waals surface area contributed by atoms with Crippen LogP contribution in [0.25, 0.3) is 0 Å². The number of carbonyl (C=O) groups is 1. The number of methoxy groups -OCH3 is 1. The maximum Gasteiger partial charge on any atom is 0.320 e. The third-order valence-corrected chi connectivity index (χ3v) is 4.50. The summed E-state index contributed by atoms with van der Waals surface area (Å²) in [6.45, 7) is 2.21. The van der Waals surface area contributed by atoms with Gasteiger partial charge in [-0.3, -0.25) is 4.79 Å². The van der Waals surface area contributed by atoms with Gasteiger partial charge in [0.15, 0.2) is 9.84 Å². The van der Waals surface area contributed by atoms with E-state index in [0.29, 0.717) is 12.8 Å². The molecule has 0 N–H and O–H groups in total. The third-order valence-electron chi connectivity index (χ3n) is 3.24. The molecule has 0 amide bonds. The standard InChI is InChI=1S/C20H28O4S/c1-3-4-5-6-7-8-9-10-11-12-13-14-15-16-17-18-25(22,23)19-20(21)24-2/h3-9,12,15,18-19H2,1-2H3. The molecule has 4 nitrogen and oxygen atoms in total. The van der Waals surface area contributed by atoms with Crippen LogP contribution in [0.5, 0.6) is 0 Å². The van der Waals surface area contributed by atoms with Gasteiger partial charge in [-0.15, -0.1) is 5.92 Å². The molecule has 0 unspecified atom stereocenters. The lowest BCUT2D eigenvalue weighted by Crippen LogP contribution is -2.19. The van der Waals surface area contributed by atoms with Gasteiger partial charge in [0.2, 0.25) is 0 Å². The molecule has 0 fully saturated rings. The molecular formula is C20H28O4S. The molecule has 5 heteroatoms. The lowest BCUT2D eigenvalue weighted by molar-refractivity contribution is -0.137. The number of unbranched alkanes of at least 4 members (excludes halogenated alkanes) is 6. The van der Waals surface area contributed by atoms with Crippen molar-refractivity contribution in [2.45, 2.75) is 64.7 Å². The quantitative estimate of drug-likeness (QED) is 0.358. The van der Waals surface area contributed by atoms with E-state index in [2.05, 4.69) is 47.2 Å². The number of carbonyl (C=O) groups excluding carboxylic acids is 1. The third kappa shape index (κ3) is 16.7. The zero-order chi connectivity index (χ0) is 18.8. The molecule has 0 bridgehead atoms. The Bertz CT molecular complexity index is 658. The Balaban J connectivity index is 3.80. The normalized spacial score (nSPS) is 9.68. The molecule has 0 aliphatic carbocycles. The molecule has 0 aliphatic heterocycles. The van der Waals surface area contributed by atoms with Gasteiger partial charge in [-0.2, -0.15) is 0 Å². The number of rotatable bonds is 9. The highest BCUT2D eigenvalue weighted by atomic mass is 32.2. The highest BCUT2D eigenvalue weighted by Gasteiger charge is 2.15.